The number of rotatable bonds is 7. The van der Waals surface area contributed by atoms with Crippen molar-refractivity contribution in [3.8, 4) is 0 Å². The van der Waals surface area contributed by atoms with Crippen molar-refractivity contribution < 1.29 is 9.53 Å². The van der Waals surface area contributed by atoms with Gasteiger partial charge in [0.1, 0.15) is 0 Å². The Balaban J connectivity index is 1.54. The second-order valence-electron chi connectivity index (χ2n) is 7.39. The van der Waals surface area contributed by atoms with E-state index in [1.807, 2.05) is 53.4 Å². The fourth-order valence-corrected chi connectivity index (χ4v) is 3.58. The minimum atomic E-state index is -0.316. The summed E-state index contributed by atoms with van der Waals surface area (Å²) in [6.07, 6.45) is 2.26. The lowest BCUT2D eigenvalue weighted by Crippen LogP contribution is -2.38. The summed E-state index contributed by atoms with van der Waals surface area (Å²) in [5.41, 5.74) is 2.07. The van der Waals surface area contributed by atoms with Gasteiger partial charge in [-0.1, -0.05) is 36.4 Å². The van der Waals surface area contributed by atoms with E-state index in [4.69, 9.17) is 4.74 Å². The number of H-pyrrole nitrogens is 1. The summed E-state index contributed by atoms with van der Waals surface area (Å²) in [6, 6.07) is 16.4. The van der Waals surface area contributed by atoms with Crippen molar-refractivity contribution in [3.05, 3.63) is 88.1 Å². The zero-order valence-corrected chi connectivity index (χ0v) is 17.2. The van der Waals surface area contributed by atoms with Gasteiger partial charge in [0.25, 0.3) is 5.56 Å². The monoisotopic (exact) mass is 419 g/mol. The summed E-state index contributed by atoms with van der Waals surface area (Å²) in [5, 5.41) is 3.08. The van der Waals surface area contributed by atoms with Crippen LogP contribution in [-0.2, 0) is 22.4 Å². The quantitative estimate of drug-likeness (QED) is 0.604. The van der Waals surface area contributed by atoms with Crippen LogP contribution < -0.4 is 15.8 Å². The first kappa shape index (κ1) is 20.7. The first-order valence-corrected chi connectivity index (χ1v) is 10.3. The number of amides is 1. The van der Waals surface area contributed by atoms with Gasteiger partial charge in [0.05, 0.1) is 31.4 Å². The zero-order valence-electron chi connectivity index (χ0n) is 17.2. The molecule has 8 nitrogen and oxygen atoms in total. The van der Waals surface area contributed by atoms with E-state index in [-0.39, 0.29) is 23.9 Å². The fraction of sp³-hybridized carbons (Fsp3) is 0.304. The number of hydrogen-bond donors (Lipinski definition) is 2. The van der Waals surface area contributed by atoms with E-state index in [1.54, 1.807) is 6.20 Å². The third-order valence-electron chi connectivity index (χ3n) is 5.11. The van der Waals surface area contributed by atoms with Crippen molar-refractivity contribution in [2.45, 2.75) is 18.9 Å². The van der Waals surface area contributed by atoms with Crippen molar-refractivity contribution in [3.63, 3.8) is 0 Å². The van der Waals surface area contributed by atoms with Gasteiger partial charge in [0.15, 0.2) is 0 Å². The third kappa shape index (κ3) is 5.76. The van der Waals surface area contributed by atoms with Gasteiger partial charge in [-0.15, -0.1) is 0 Å². The molecule has 8 heteroatoms. The molecule has 1 aliphatic rings. The van der Waals surface area contributed by atoms with Crippen LogP contribution in [-0.4, -0.2) is 47.2 Å². The van der Waals surface area contributed by atoms with Crippen LogP contribution in [0.3, 0.4) is 0 Å². The van der Waals surface area contributed by atoms with Crippen molar-refractivity contribution in [1.82, 2.24) is 20.3 Å². The molecule has 31 heavy (non-hydrogen) atoms. The number of morpholine rings is 1. The maximum absolute atomic E-state index is 12.7. The molecular formula is C23H25N5O3. The molecule has 1 aliphatic heterocycles. The molecule has 0 aliphatic carbocycles. The summed E-state index contributed by atoms with van der Waals surface area (Å²) < 4.78 is 5.38. The number of anilines is 1. The zero-order chi connectivity index (χ0) is 21.5. The molecule has 3 heterocycles. The van der Waals surface area contributed by atoms with Crippen LogP contribution in [0.2, 0.25) is 0 Å². The molecule has 3 aromatic rings. The lowest BCUT2D eigenvalue weighted by atomic mass is 10.0. The number of ether oxygens (including phenoxy) is 1. The number of pyridine rings is 1. The van der Waals surface area contributed by atoms with Crippen molar-refractivity contribution >= 4 is 11.9 Å². The SMILES string of the molecule is O=C(Cc1ccccn1)N[C@H](Cc1cc(=O)[nH]c(N2CCOCC2)n1)c1ccccc1. The average Bonchev–Trinajstić information content (AvgIpc) is 2.80. The van der Waals surface area contributed by atoms with Gasteiger partial charge in [-0.25, -0.2) is 4.98 Å². The Morgan fingerprint density at radius 3 is 2.61 bits per heavy atom. The van der Waals surface area contributed by atoms with Crippen LogP contribution in [0.1, 0.15) is 23.0 Å². The van der Waals surface area contributed by atoms with Gasteiger partial charge in [-0.3, -0.25) is 19.6 Å². The Labute approximate surface area is 180 Å². The fourth-order valence-electron chi connectivity index (χ4n) is 3.58. The number of nitrogens with one attached hydrogen (secondary N) is 2. The Morgan fingerprint density at radius 1 is 1.10 bits per heavy atom. The Hall–Kier alpha value is -3.52. The van der Waals surface area contributed by atoms with E-state index in [1.165, 1.54) is 6.07 Å². The van der Waals surface area contributed by atoms with E-state index < -0.39 is 0 Å². The van der Waals surface area contributed by atoms with E-state index in [2.05, 4.69) is 20.3 Å². The summed E-state index contributed by atoms with van der Waals surface area (Å²) in [5.74, 6) is 0.406. The Morgan fingerprint density at radius 2 is 1.87 bits per heavy atom. The number of aromatic nitrogens is 3. The van der Waals surface area contributed by atoms with Crippen LogP contribution in [0, 0.1) is 0 Å². The standard InChI is InChI=1S/C23H25N5O3/c29-21(15-18-8-4-5-9-24-18)26-20(17-6-2-1-3-7-17)14-19-16-22(30)27-23(25-19)28-10-12-31-13-11-28/h1-9,16,20H,10-15H2,(H,26,29)(H,25,27,30)/t20-/m1/s1. The highest BCUT2D eigenvalue weighted by Gasteiger charge is 2.19. The van der Waals surface area contributed by atoms with E-state index in [0.717, 1.165) is 5.56 Å². The highest BCUT2D eigenvalue weighted by molar-refractivity contribution is 5.78. The maximum Gasteiger partial charge on any atom is 0.252 e. The smallest absolute Gasteiger partial charge is 0.252 e. The molecule has 1 amide bonds. The minimum absolute atomic E-state index is 0.134. The van der Waals surface area contributed by atoms with Crippen LogP contribution in [0.4, 0.5) is 5.95 Å². The molecule has 1 fully saturated rings. The minimum Gasteiger partial charge on any atom is -0.378 e. The molecule has 2 N–H and O–H groups in total. The van der Waals surface area contributed by atoms with Gasteiger partial charge in [0, 0.05) is 37.5 Å². The van der Waals surface area contributed by atoms with Crippen LogP contribution in [0.15, 0.2) is 65.6 Å². The number of hydrogen-bond acceptors (Lipinski definition) is 6. The van der Waals surface area contributed by atoms with Crippen molar-refractivity contribution in [2.75, 3.05) is 31.2 Å². The molecule has 0 saturated carbocycles. The number of aromatic amines is 1. The van der Waals surface area contributed by atoms with Crippen LogP contribution in [0.25, 0.3) is 0 Å². The first-order chi connectivity index (χ1) is 15.2. The molecule has 2 aromatic heterocycles. The normalized spacial score (nSPS) is 14.8. The predicted molar refractivity (Wildman–Crippen MR) is 117 cm³/mol. The largest absolute Gasteiger partial charge is 0.378 e. The lowest BCUT2D eigenvalue weighted by molar-refractivity contribution is -0.121. The number of benzene rings is 1. The molecule has 0 spiro atoms. The molecular weight excluding hydrogens is 394 g/mol. The second kappa shape index (κ2) is 9.99. The second-order valence-corrected chi connectivity index (χ2v) is 7.39. The first-order valence-electron chi connectivity index (χ1n) is 10.3. The summed E-state index contributed by atoms with van der Waals surface area (Å²) in [6.45, 7) is 2.55. The average molecular weight is 419 g/mol. The molecule has 0 radical (unpaired) electrons. The topological polar surface area (TPSA) is 100 Å². The van der Waals surface area contributed by atoms with Gasteiger partial charge >= 0.3 is 0 Å². The highest BCUT2D eigenvalue weighted by Crippen LogP contribution is 2.18. The van der Waals surface area contributed by atoms with E-state index in [9.17, 15) is 9.59 Å². The number of nitrogens with zero attached hydrogens (tertiary/aromatic N) is 3. The van der Waals surface area contributed by atoms with Gasteiger partial charge in [-0.05, 0) is 17.7 Å². The maximum atomic E-state index is 12.7. The third-order valence-corrected chi connectivity index (χ3v) is 5.11. The molecule has 160 valence electrons. The molecule has 0 unspecified atom stereocenters. The van der Waals surface area contributed by atoms with Crippen LogP contribution >= 0.6 is 0 Å². The highest BCUT2D eigenvalue weighted by atomic mass is 16.5. The van der Waals surface area contributed by atoms with Crippen LogP contribution in [0.5, 0.6) is 0 Å². The Bertz CT molecular complexity index is 1050. The number of carbonyl (C=O) groups is 1. The van der Waals surface area contributed by atoms with Crippen molar-refractivity contribution in [2.24, 2.45) is 0 Å². The predicted octanol–water partition coefficient (Wildman–Crippen LogP) is 1.64. The lowest BCUT2D eigenvalue weighted by Gasteiger charge is -2.27. The Kier molecular flexibility index (Phi) is 6.68. The molecule has 1 atom stereocenters. The molecule has 1 saturated heterocycles. The molecule has 4 rings (SSSR count). The van der Waals surface area contributed by atoms with Crippen molar-refractivity contribution in [1.29, 1.82) is 0 Å². The van der Waals surface area contributed by atoms with E-state index in [0.29, 0.717) is 50.1 Å². The van der Waals surface area contributed by atoms with E-state index >= 15 is 0 Å². The molecule has 1 aromatic carbocycles. The van der Waals surface area contributed by atoms with Gasteiger partial charge in [-0.2, -0.15) is 0 Å². The van der Waals surface area contributed by atoms with Gasteiger partial charge < -0.3 is 15.0 Å². The summed E-state index contributed by atoms with van der Waals surface area (Å²) in [7, 11) is 0. The molecule has 0 bridgehead atoms. The summed E-state index contributed by atoms with van der Waals surface area (Å²) in [4.78, 5) is 38.7. The van der Waals surface area contributed by atoms with Gasteiger partial charge in [0.2, 0.25) is 11.9 Å². The number of carbonyl (C=O) groups excluding carboxylic acids is 1. The summed E-state index contributed by atoms with van der Waals surface area (Å²) >= 11 is 0.